The van der Waals surface area contributed by atoms with E-state index in [9.17, 15) is 5.11 Å². The number of hydrogen-bond acceptors (Lipinski definition) is 6. The van der Waals surface area contributed by atoms with Gasteiger partial charge >= 0.3 is 0 Å². The van der Waals surface area contributed by atoms with Crippen molar-refractivity contribution in [1.29, 1.82) is 5.26 Å². The van der Waals surface area contributed by atoms with E-state index < -0.39 is 16.5 Å². The first kappa shape index (κ1) is 14.6. The van der Waals surface area contributed by atoms with Gasteiger partial charge in [-0.25, -0.2) is 14.7 Å². The molecule has 4 rings (SSSR count). The maximum absolute atomic E-state index is 10.7. The zero-order valence-electron chi connectivity index (χ0n) is 12.6. The molecule has 1 aromatic carbocycles. The highest BCUT2D eigenvalue weighted by Crippen LogP contribution is 2.49. The van der Waals surface area contributed by atoms with E-state index in [1.165, 1.54) is 0 Å². The van der Waals surface area contributed by atoms with Gasteiger partial charge in [0.05, 0.1) is 34.8 Å². The third kappa shape index (κ3) is 2.29. The van der Waals surface area contributed by atoms with Crippen molar-refractivity contribution in [2.45, 2.75) is 12.4 Å². The first-order chi connectivity index (χ1) is 11.7. The number of nitrogens with zero attached hydrogens (tertiary/aromatic N) is 7. The number of rotatable bonds is 3. The average Bonchev–Trinajstić information content (AvgIpc) is 3.30. The number of aromatic nitrogens is 5. The fraction of sp³-hybridized carbons (Fsp3) is 0.133. The second-order valence-corrected chi connectivity index (χ2v) is 7.48. The third-order valence-electron chi connectivity index (χ3n) is 3.69. The second-order valence-electron chi connectivity index (χ2n) is 5.22. The van der Waals surface area contributed by atoms with E-state index in [0.29, 0.717) is 16.9 Å². The number of thiol groups is 1. The van der Waals surface area contributed by atoms with E-state index in [2.05, 4.69) is 26.4 Å². The molecule has 8 nitrogen and oxygen atoms in total. The van der Waals surface area contributed by atoms with Gasteiger partial charge < -0.3 is 5.11 Å². The molecule has 1 N–H and O–H groups in total. The summed E-state index contributed by atoms with van der Waals surface area (Å²) < 4.78 is 3.43. The summed E-state index contributed by atoms with van der Waals surface area (Å²) >= 11 is -1.10. The van der Waals surface area contributed by atoms with Crippen LogP contribution >= 0.6 is 11.1 Å². The molecule has 0 spiro atoms. The van der Waals surface area contributed by atoms with Gasteiger partial charge in [0.25, 0.3) is 0 Å². The van der Waals surface area contributed by atoms with Crippen molar-refractivity contribution in [1.82, 2.24) is 24.0 Å². The van der Waals surface area contributed by atoms with Gasteiger partial charge in [-0.1, -0.05) is 22.4 Å². The largest absolute Gasteiger partial charge is 0.376 e. The second kappa shape index (κ2) is 5.59. The van der Waals surface area contributed by atoms with E-state index in [1.54, 1.807) is 41.6 Å². The van der Waals surface area contributed by atoms with Gasteiger partial charge in [0.1, 0.15) is 17.5 Å². The normalized spacial score (nSPS) is 18.7. The SMILES string of the molecule is CC1=Nc2cncn2[SH]1C(O)c1cn(-c2cccc(C#N)c2)nn1. The minimum absolute atomic E-state index is 0.458. The fourth-order valence-electron chi connectivity index (χ4n) is 2.56. The van der Waals surface area contributed by atoms with Crippen LogP contribution < -0.4 is 0 Å². The number of fused-ring (bicyclic) bond motifs is 1. The molecule has 9 heteroatoms. The van der Waals surface area contributed by atoms with E-state index >= 15 is 0 Å². The molecule has 0 saturated heterocycles. The van der Waals surface area contributed by atoms with Crippen molar-refractivity contribution in [3.63, 3.8) is 0 Å². The van der Waals surface area contributed by atoms with Crippen LogP contribution in [0.3, 0.4) is 0 Å². The lowest BCUT2D eigenvalue weighted by molar-refractivity contribution is 0.263. The van der Waals surface area contributed by atoms with Crippen molar-refractivity contribution in [2.75, 3.05) is 0 Å². The number of nitriles is 1. The maximum Gasteiger partial charge on any atom is 0.162 e. The van der Waals surface area contributed by atoms with Gasteiger partial charge in [-0.2, -0.15) is 5.26 Å². The predicted octanol–water partition coefficient (Wildman–Crippen LogP) is 1.85. The molecule has 0 aliphatic carbocycles. The van der Waals surface area contributed by atoms with Crippen LogP contribution in [0.15, 0.2) is 48.0 Å². The van der Waals surface area contributed by atoms with Crippen molar-refractivity contribution < 1.29 is 5.11 Å². The van der Waals surface area contributed by atoms with Crippen LogP contribution in [0.5, 0.6) is 0 Å². The lowest BCUT2D eigenvalue weighted by Gasteiger charge is -2.22. The Morgan fingerprint density at radius 1 is 1.38 bits per heavy atom. The summed E-state index contributed by atoms with van der Waals surface area (Å²) in [4.78, 5) is 8.49. The van der Waals surface area contributed by atoms with Gasteiger partial charge in [0.2, 0.25) is 0 Å². The molecule has 2 unspecified atom stereocenters. The molecular formula is C15H13N7OS. The topological polar surface area (TPSA) is 105 Å². The molecule has 0 radical (unpaired) electrons. The summed E-state index contributed by atoms with van der Waals surface area (Å²) in [5.41, 5.74) is 0.885. The Balaban J connectivity index is 1.66. The molecule has 0 amide bonds. The molecule has 3 heterocycles. The van der Waals surface area contributed by atoms with Crippen LogP contribution in [-0.4, -0.2) is 34.1 Å². The van der Waals surface area contributed by atoms with Crippen LogP contribution in [0.2, 0.25) is 0 Å². The molecule has 0 saturated carbocycles. The number of aliphatic hydroxyl groups excluding tert-OH is 1. The van der Waals surface area contributed by atoms with Gasteiger partial charge in [0, 0.05) is 0 Å². The fourth-order valence-corrected chi connectivity index (χ4v) is 4.52. The predicted molar refractivity (Wildman–Crippen MR) is 90.4 cm³/mol. The average molecular weight is 339 g/mol. The molecular weight excluding hydrogens is 326 g/mol. The lowest BCUT2D eigenvalue weighted by atomic mass is 10.2. The first-order valence-corrected chi connectivity index (χ1v) is 8.52. The third-order valence-corrected chi connectivity index (χ3v) is 5.95. The monoisotopic (exact) mass is 339 g/mol. The Labute approximate surface area is 140 Å². The summed E-state index contributed by atoms with van der Waals surface area (Å²) in [6, 6.07) is 9.13. The Hall–Kier alpha value is -2.96. The minimum atomic E-state index is -1.10. The minimum Gasteiger partial charge on any atom is -0.376 e. The maximum atomic E-state index is 10.7. The summed E-state index contributed by atoms with van der Waals surface area (Å²) in [6.45, 7) is 1.89. The number of imidazole rings is 1. The van der Waals surface area contributed by atoms with E-state index in [1.807, 2.05) is 17.0 Å². The van der Waals surface area contributed by atoms with E-state index in [0.717, 1.165) is 10.9 Å². The smallest absolute Gasteiger partial charge is 0.162 e. The van der Waals surface area contributed by atoms with Crippen LogP contribution in [0.4, 0.5) is 5.82 Å². The summed E-state index contributed by atoms with van der Waals surface area (Å²) in [5.74, 6) is 0.742. The quantitative estimate of drug-likeness (QED) is 0.709. The zero-order valence-corrected chi connectivity index (χ0v) is 13.5. The number of aliphatic hydroxyl groups is 1. The van der Waals surface area contributed by atoms with E-state index in [4.69, 9.17) is 5.26 Å². The molecule has 24 heavy (non-hydrogen) atoms. The Morgan fingerprint density at radius 2 is 2.25 bits per heavy atom. The van der Waals surface area contributed by atoms with Gasteiger partial charge in [-0.05, 0) is 25.1 Å². The van der Waals surface area contributed by atoms with Crippen molar-refractivity contribution >= 4 is 21.9 Å². The van der Waals surface area contributed by atoms with Crippen LogP contribution in [0.1, 0.15) is 23.6 Å². The van der Waals surface area contributed by atoms with Gasteiger partial charge in [0.15, 0.2) is 5.82 Å². The number of hydrogen-bond donors (Lipinski definition) is 2. The zero-order chi connectivity index (χ0) is 16.7. The molecule has 1 aliphatic heterocycles. The van der Waals surface area contributed by atoms with E-state index in [-0.39, 0.29) is 0 Å². The molecule has 0 fully saturated rings. The number of benzene rings is 1. The molecule has 0 bridgehead atoms. The lowest BCUT2D eigenvalue weighted by Crippen LogP contribution is -2.08. The molecule has 120 valence electrons. The van der Waals surface area contributed by atoms with Crippen LogP contribution in [-0.2, 0) is 0 Å². The summed E-state index contributed by atoms with van der Waals surface area (Å²) in [7, 11) is 0. The van der Waals surface area contributed by atoms with Gasteiger partial charge in [-0.15, -0.1) is 5.10 Å². The van der Waals surface area contributed by atoms with Gasteiger partial charge in [-0.3, -0.25) is 3.97 Å². The highest BCUT2D eigenvalue weighted by atomic mass is 32.2. The number of aliphatic imine (C=N–C) groups is 1. The van der Waals surface area contributed by atoms with Crippen LogP contribution in [0, 0.1) is 11.3 Å². The summed E-state index contributed by atoms with van der Waals surface area (Å²) in [6.07, 6.45) is 5.01. The van der Waals surface area contributed by atoms with Crippen molar-refractivity contribution in [2.24, 2.45) is 4.99 Å². The Kier molecular flexibility index (Phi) is 3.41. The molecule has 1 aliphatic rings. The molecule has 3 aromatic rings. The first-order valence-electron chi connectivity index (χ1n) is 7.15. The Bertz CT molecular complexity index is 984. The molecule has 2 aromatic heterocycles. The van der Waals surface area contributed by atoms with Crippen molar-refractivity contribution in [3.05, 3.63) is 54.2 Å². The highest BCUT2D eigenvalue weighted by molar-refractivity contribution is 8.29. The van der Waals surface area contributed by atoms with Crippen molar-refractivity contribution in [3.8, 4) is 11.8 Å². The highest BCUT2D eigenvalue weighted by Gasteiger charge is 2.29. The molecule has 2 atom stereocenters. The van der Waals surface area contributed by atoms with Crippen LogP contribution in [0.25, 0.3) is 5.69 Å². The standard InChI is InChI=1S/C15H13N7OS/c1-10-18-14-7-17-9-22(14)24(10)15(23)13-8-21(20-19-13)12-4-2-3-11(5-12)6-16/h2-5,7-9,15,23-24H,1H3. The Morgan fingerprint density at radius 3 is 3.08 bits per heavy atom. The summed E-state index contributed by atoms with van der Waals surface area (Å²) in [5, 5.41) is 28.8.